The third kappa shape index (κ3) is 3.56. The number of halogens is 1. The third-order valence-corrected chi connectivity index (χ3v) is 6.77. The molecule has 3 aliphatic rings. The summed E-state index contributed by atoms with van der Waals surface area (Å²) in [6, 6.07) is 0. The van der Waals surface area contributed by atoms with Gasteiger partial charge in [-0.15, -0.1) is 35.3 Å². The molecule has 7 heteroatoms. The SMILES string of the molecule is CN=C(NCc1nc(C(C)C)c(C)s1)N1CC2C3CCC(O3)C2C1.I. The van der Waals surface area contributed by atoms with Gasteiger partial charge in [0.15, 0.2) is 5.96 Å². The lowest BCUT2D eigenvalue weighted by Crippen LogP contribution is -2.40. The van der Waals surface area contributed by atoms with Crippen LogP contribution in [0.25, 0.3) is 0 Å². The number of thiazole rings is 1. The van der Waals surface area contributed by atoms with E-state index in [9.17, 15) is 0 Å². The highest BCUT2D eigenvalue weighted by atomic mass is 127. The molecule has 0 aliphatic carbocycles. The van der Waals surface area contributed by atoms with Crippen LogP contribution in [-0.4, -0.2) is 48.2 Å². The molecule has 3 fully saturated rings. The minimum Gasteiger partial charge on any atom is -0.374 e. The standard InChI is InChI=1S/C18H28N4OS.HI/c1-10(2)17-11(3)24-16(21-17)7-20-18(19-4)22-8-12-13(9-22)15-6-5-14(12)23-15;/h10,12-15H,5-9H2,1-4H3,(H,19,20);1H. The Morgan fingerprint density at radius 1 is 1.32 bits per heavy atom. The Morgan fingerprint density at radius 2 is 1.96 bits per heavy atom. The van der Waals surface area contributed by atoms with E-state index in [1.54, 1.807) is 11.3 Å². The van der Waals surface area contributed by atoms with Gasteiger partial charge in [-0.2, -0.15) is 0 Å². The molecule has 4 rings (SSSR count). The van der Waals surface area contributed by atoms with Gasteiger partial charge in [0.2, 0.25) is 0 Å². The van der Waals surface area contributed by atoms with Crippen LogP contribution in [0.1, 0.15) is 48.2 Å². The molecule has 1 N–H and O–H groups in total. The lowest BCUT2D eigenvalue weighted by molar-refractivity contribution is 0.0767. The number of likely N-dealkylation sites (tertiary alicyclic amines) is 1. The van der Waals surface area contributed by atoms with Crippen LogP contribution < -0.4 is 5.32 Å². The number of hydrogen-bond acceptors (Lipinski definition) is 4. The fraction of sp³-hybridized carbons (Fsp3) is 0.778. The lowest BCUT2D eigenvalue weighted by atomic mass is 9.82. The van der Waals surface area contributed by atoms with Crippen molar-refractivity contribution in [2.24, 2.45) is 16.8 Å². The van der Waals surface area contributed by atoms with E-state index in [1.807, 2.05) is 7.05 Å². The normalized spacial score (nSPS) is 30.8. The Hall–Kier alpha value is -0.410. The first-order chi connectivity index (χ1) is 11.6. The van der Waals surface area contributed by atoms with Gasteiger partial charge >= 0.3 is 0 Å². The zero-order chi connectivity index (χ0) is 16.8. The molecule has 2 bridgehead atoms. The average Bonchev–Trinajstić information content (AvgIpc) is 3.28. The first kappa shape index (κ1) is 19.4. The van der Waals surface area contributed by atoms with Crippen LogP contribution in [0.2, 0.25) is 0 Å². The Kier molecular flexibility index (Phi) is 5.95. The summed E-state index contributed by atoms with van der Waals surface area (Å²) in [5.74, 6) is 2.92. The molecule has 3 saturated heterocycles. The van der Waals surface area contributed by atoms with Crippen LogP contribution in [0.4, 0.5) is 0 Å². The Bertz CT molecular complexity index is 629. The Labute approximate surface area is 171 Å². The number of fused-ring (bicyclic) bond motifs is 5. The number of rotatable bonds is 3. The van der Waals surface area contributed by atoms with Gasteiger partial charge < -0.3 is 15.0 Å². The summed E-state index contributed by atoms with van der Waals surface area (Å²) < 4.78 is 6.07. The lowest BCUT2D eigenvalue weighted by Gasteiger charge is -2.23. The zero-order valence-electron chi connectivity index (χ0n) is 15.5. The van der Waals surface area contributed by atoms with Crippen molar-refractivity contribution in [3.05, 3.63) is 15.6 Å². The molecule has 25 heavy (non-hydrogen) atoms. The van der Waals surface area contributed by atoms with Gasteiger partial charge in [-0.05, 0) is 25.7 Å². The summed E-state index contributed by atoms with van der Waals surface area (Å²) in [5, 5.41) is 4.68. The molecule has 0 aromatic carbocycles. The highest BCUT2D eigenvalue weighted by Crippen LogP contribution is 2.47. The van der Waals surface area contributed by atoms with Crippen molar-refractivity contribution in [1.82, 2.24) is 15.2 Å². The average molecular weight is 476 g/mol. The first-order valence-electron chi connectivity index (χ1n) is 9.14. The fourth-order valence-corrected chi connectivity index (χ4v) is 5.72. The van der Waals surface area contributed by atoms with Crippen molar-refractivity contribution >= 4 is 41.3 Å². The highest BCUT2D eigenvalue weighted by molar-refractivity contribution is 14.0. The molecule has 140 valence electrons. The summed E-state index contributed by atoms with van der Waals surface area (Å²) in [7, 11) is 1.88. The van der Waals surface area contributed by atoms with Gasteiger partial charge in [-0.25, -0.2) is 4.98 Å². The van der Waals surface area contributed by atoms with Gasteiger partial charge in [0, 0.05) is 36.9 Å². The van der Waals surface area contributed by atoms with Crippen molar-refractivity contribution in [1.29, 1.82) is 0 Å². The molecule has 0 radical (unpaired) electrons. The summed E-state index contributed by atoms with van der Waals surface area (Å²) in [6.07, 6.45) is 3.50. The van der Waals surface area contributed by atoms with Crippen LogP contribution >= 0.6 is 35.3 Å². The smallest absolute Gasteiger partial charge is 0.194 e. The fourth-order valence-electron chi connectivity index (χ4n) is 4.70. The van der Waals surface area contributed by atoms with Gasteiger partial charge in [0.25, 0.3) is 0 Å². The zero-order valence-corrected chi connectivity index (χ0v) is 18.6. The molecule has 4 atom stereocenters. The molecule has 4 unspecified atom stereocenters. The number of hydrogen-bond donors (Lipinski definition) is 1. The maximum atomic E-state index is 6.07. The van der Waals surface area contributed by atoms with Crippen LogP contribution in [-0.2, 0) is 11.3 Å². The molecule has 3 aliphatic heterocycles. The van der Waals surface area contributed by atoms with Crippen molar-refractivity contribution in [3.63, 3.8) is 0 Å². The van der Waals surface area contributed by atoms with Crippen LogP contribution in [0.5, 0.6) is 0 Å². The third-order valence-electron chi connectivity index (χ3n) is 5.79. The molecule has 4 heterocycles. The van der Waals surface area contributed by atoms with Crippen molar-refractivity contribution in [2.45, 2.75) is 58.3 Å². The maximum absolute atomic E-state index is 6.07. The molecule has 1 aromatic rings. The number of guanidine groups is 1. The Balaban J connectivity index is 0.00000182. The molecule has 0 saturated carbocycles. The molecule has 0 amide bonds. The first-order valence-corrected chi connectivity index (χ1v) is 9.95. The van der Waals surface area contributed by atoms with E-state index in [0.717, 1.165) is 30.6 Å². The van der Waals surface area contributed by atoms with E-state index in [0.29, 0.717) is 30.0 Å². The van der Waals surface area contributed by atoms with Gasteiger partial charge in [-0.1, -0.05) is 13.8 Å². The van der Waals surface area contributed by atoms with Crippen LogP contribution in [0.3, 0.4) is 0 Å². The largest absolute Gasteiger partial charge is 0.374 e. The number of aromatic nitrogens is 1. The quantitative estimate of drug-likeness (QED) is 0.413. The predicted octanol–water partition coefficient (Wildman–Crippen LogP) is 3.38. The summed E-state index contributed by atoms with van der Waals surface area (Å²) in [5.41, 5.74) is 1.23. The van der Waals surface area contributed by atoms with Crippen molar-refractivity contribution < 1.29 is 4.74 Å². The Morgan fingerprint density at radius 3 is 2.48 bits per heavy atom. The van der Waals surface area contributed by atoms with E-state index in [2.05, 4.69) is 36.0 Å². The summed E-state index contributed by atoms with van der Waals surface area (Å²) >= 11 is 1.80. The second-order valence-corrected chi connectivity index (χ2v) is 8.92. The number of nitrogens with zero attached hydrogens (tertiary/aromatic N) is 3. The van der Waals surface area contributed by atoms with E-state index in [-0.39, 0.29) is 24.0 Å². The highest BCUT2D eigenvalue weighted by Gasteiger charge is 2.53. The van der Waals surface area contributed by atoms with Gasteiger partial charge in [0.1, 0.15) is 5.01 Å². The molecular weight excluding hydrogens is 447 g/mol. The second-order valence-electron chi connectivity index (χ2n) is 7.63. The van der Waals surface area contributed by atoms with E-state index in [4.69, 9.17) is 9.72 Å². The summed E-state index contributed by atoms with van der Waals surface area (Å²) in [4.78, 5) is 13.1. The molecule has 0 spiro atoms. The number of nitrogens with one attached hydrogen (secondary N) is 1. The second kappa shape index (κ2) is 7.68. The molecule has 5 nitrogen and oxygen atoms in total. The monoisotopic (exact) mass is 476 g/mol. The van der Waals surface area contributed by atoms with Crippen molar-refractivity contribution in [3.8, 4) is 0 Å². The maximum Gasteiger partial charge on any atom is 0.194 e. The topological polar surface area (TPSA) is 49.8 Å². The van der Waals surface area contributed by atoms with E-state index in [1.165, 1.54) is 23.4 Å². The molecular formula is C18H29IN4OS. The predicted molar refractivity (Wildman–Crippen MR) is 113 cm³/mol. The van der Waals surface area contributed by atoms with Crippen LogP contribution in [0.15, 0.2) is 4.99 Å². The molecule has 1 aromatic heterocycles. The van der Waals surface area contributed by atoms with Crippen LogP contribution in [0, 0.1) is 18.8 Å². The van der Waals surface area contributed by atoms with E-state index >= 15 is 0 Å². The number of aryl methyl sites for hydroxylation is 1. The number of aliphatic imine (C=N–C) groups is 1. The van der Waals surface area contributed by atoms with Crippen molar-refractivity contribution in [2.75, 3.05) is 20.1 Å². The summed E-state index contributed by atoms with van der Waals surface area (Å²) in [6.45, 7) is 9.51. The minimum absolute atomic E-state index is 0. The number of ether oxygens (including phenoxy) is 1. The van der Waals surface area contributed by atoms with Gasteiger partial charge in [0.05, 0.1) is 24.4 Å². The minimum atomic E-state index is 0. The van der Waals surface area contributed by atoms with E-state index < -0.39 is 0 Å². The van der Waals surface area contributed by atoms with Gasteiger partial charge in [-0.3, -0.25) is 4.99 Å².